The van der Waals surface area contributed by atoms with Gasteiger partial charge in [-0.2, -0.15) is 0 Å². The molecule has 1 fully saturated rings. The van der Waals surface area contributed by atoms with Gasteiger partial charge in [0.15, 0.2) is 5.96 Å². The first-order chi connectivity index (χ1) is 13.9. The van der Waals surface area contributed by atoms with Gasteiger partial charge in [-0.3, -0.25) is 9.98 Å². The summed E-state index contributed by atoms with van der Waals surface area (Å²) < 4.78 is 11.2. The first-order valence-corrected chi connectivity index (χ1v) is 10.3. The van der Waals surface area contributed by atoms with E-state index >= 15 is 0 Å². The third-order valence-electron chi connectivity index (χ3n) is 5.08. The van der Waals surface area contributed by atoms with E-state index in [1.165, 1.54) is 10.9 Å². The van der Waals surface area contributed by atoms with E-state index in [4.69, 9.17) is 9.47 Å². The van der Waals surface area contributed by atoms with Crippen LogP contribution in [0.5, 0.6) is 0 Å². The van der Waals surface area contributed by atoms with Crippen LogP contribution in [0.25, 0.3) is 10.9 Å². The lowest BCUT2D eigenvalue weighted by Gasteiger charge is -2.21. The molecule has 2 aromatic rings. The molecule has 3 rings (SSSR count). The normalized spacial score (nSPS) is 15.1. The monoisotopic (exact) mass is 512 g/mol. The minimum atomic E-state index is 0. The number of hydrogen-bond acceptors (Lipinski definition) is 4. The second kappa shape index (κ2) is 13.7. The second-order valence-corrected chi connectivity index (χ2v) is 7.15. The molecule has 0 radical (unpaired) electrons. The lowest BCUT2D eigenvalue weighted by molar-refractivity contribution is 0.0203. The van der Waals surface area contributed by atoms with Crippen LogP contribution >= 0.6 is 24.0 Å². The molecule has 2 heterocycles. The summed E-state index contributed by atoms with van der Waals surface area (Å²) in [6, 6.07) is 10.4. The summed E-state index contributed by atoms with van der Waals surface area (Å²) in [7, 11) is 1.80. The lowest BCUT2D eigenvalue weighted by Crippen LogP contribution is -2.39. The summed E-state index contributed by atoms with van der Waals surface area (Å²) in [6.07, 6.45) is 5.98. The molecular weight excluding hydrogens is 479 g/mol. The second-order valence-electron chi connectivity index (χ2n) is 7.15. The number of guanidine groups is 1. The van der Waals surface area contributed by atoms with Gasteiger partial charge in [0.05, 0.1) is 5.52 Å². The molecule has 1 saturated heterocycles. The van der Waals surface area contributed by atoms with Crippen LogP contribution in [-0.4, -0.2) is 57.5 Å². The number of para-hydroxylation sites is 1. The molecule has 0 saturated carbocycles. The summed E-state index contributed by atoms with van der Waals surface area (Å²) in [5.41, 5.74) is 2.33. The Bertz CT molecular complexity index is 745. The zero-order valence-corrected chi connectivity index (χ0v) is 19.6. The number of ether oxygens (including phenoxy) is 2. The van der Waals surface area contributed by atoms with E-state index in [2.05, 4.69) is 44.9 Å². The summed E-state index contributed by atoms with van der Waals surface area (Å²) in [5.74, 6) is 1.50. The van der Waals surface area contributed by atoms with E-state index in [-0.39, 0.29) is 24.0 Å². The predicted octanol–water partition coefficient (Wildman–Crippen LogP) is 3.39. The number of aliphatic imine (C=N–C) groups is 1. The molecule has 0 unspecified atom stereocenters. The first kappa shape index (κ1) is 23.8. The molecule has 0 aliphatic carbocycles. The highest BCUT2D eigenvalue weighted by Gasteiger charge is 2.13. The molecule has 1 aromatic heterocycles. The van der Waals surface area contributed by atoms with Gasteiger partial charge in [0.25, 0.3) is 0 Å². The third kappa shape index (κ3) is 8.06. The van der Waals surface area contributed by atoms with E-state index in [1.807, 2.05) is 12.3 Å². The van der Waals surface area contributed by atoms with Crippen LogP contribution in [-0.2, 0) is 15.9 Å². The van der Waals surface area contributed by atoms with E-state index in [0.29, 0.717) is 5.92 Å². The molecule has 0 atom stereocenters. The maximum atomic E-state index is 5.81. The van der Waals surface area contributed by atoms with Crippen molar-refractivity contribution in [3.05, 3.63) is 42.1 Å². The minimum absolute atomic E-state index is 0. The molecule has 7 heteroatoms. The highest BCUT2D eigenvalue weighted by Crippen LogP contribution is 2.16. The fraction of sp³-hybridized carbons (Fsp3) is 0.545. The van der Waals surface area contributed by atoms with Crippen molar-refractivity contribution in [2.45, 2.75) is 25.7 Å². The number of aromatic nitrogens is 1. The molecule has 6 nitrogen and oxygen atoms in total. The molecule has 0 bridgehead atoms. The van der Waals surface area contributed by atoms with Crippen molar-refractivity contribution in [1.29, 1.82) is 0 Å². The van der Waals surface area contributed by atoms with Crippen molar-refractivity contribution in [2.75, 3.05) is 46.6 Å². The molecule has 0 amide bonds. The summed E-state index contributed by atoms with van der Waals surface area (Å²) in [6.45, 7) is 5.07. The number of rotatable bonds is 9. The van der Waals surface area contributed by atoms with Crippen LogP contribution < -0.4 is 10.6 Å². The number of pyridine rings is 1. The standard InChI is InChI=1S/C22H32N4O2.HI/c1-23-22(25-12-4-14-28-17-18-9-15-27-16-10-18)26-13-8-20-6-2-5-19-7-3-11-24-21(19)20;/h2-3,5-7,11,18H,4,8-10,12-17H2,1H3,(H2,23,25,26);1H. The number of fused-ring (bicyclic) bond motifs is 1. The SMILES string of the molecule is CN=C(NCCCOCC1CCOCC1)NCCc1cccc2cccnc12.I. The number of nitrogens with one attached hydrogen (secondary N) is 2. The summed E-state index contributed by atoms with van der Waals surface area (Å²) in [4.78, 5) is 8.81. The maximum absolute atomic E-state index is 5.81. The zero-order valence-electron chi connectivity index (χ0n) is 17.2. The quantitative estimate of drug-likeness (QED) is 0.234. The molecule has 1 aliphatic rings. The van der Waals surface area contributed by atoms with Crippen LogP contribution in [0.2, 0.25) is 0 Å². The van der Waals surface area contributed by atoms with Gasteiger partial charge in [-0.05, 0) is 43.2 Å². The van der Waals surface area contributed by atoms with E-state index in [0.717, 1.165) is 76.7 Å². The first-order valence-electron chi connectivity index (χ1n) is 10.3. The van der Waals surface area contributed by atoms with Gasteiger partial charge < -0.3 is 20.1 Å². The Kier molecular flexibility index (Phi) is 11.3. The van der Waals surface area contributed by atoms with E-state index in [9.17, 15) is 0 Å². The summed E-state index contributed by atoms with van der Waals surface area (Å²) >= 11 is 0. The zero-order chi connectivity index (χ0) is 19.4. The van der Waals surface area contributed by atoms with Gasteiger partial charge >= 0.3 is 0 Å². The Labute approximate surface area is 190 Å². The molecular formula is C22H33IN4O2. The molecule has 1 aliphatic heterocycles. The fourth-order valence-corrected chi connectivity index (χ4v) is 3.45. The Morgan fingerprint density at radius 1 is 1.17 bits per heavy atom. The topological polar surface area (TPSA) is 67.8 Å². The van der Waals surface area contributed by atoms with Crippen LogP contribution in [0.4, 0.5) is 0 Å². The average Bonchev–Trinajstić information content (AvgIpc) is 2.75. The van der Waals surface area contributed by atoms with Crippen molar-refractivity contribution >= 4 is 40.8 Å². The van der Waals surface area contributed by atoms with Crippen LogP contribution in [0, 0.1) is 5.92 Å². The van der Waals surface area contributed by atoms with Crippen LogP contribution in [0.15, 0.2) is 41.5 Å². The van der Waals surface area contributed by atoms with Gasteiger partial charge in [-0.25, -0.2) is 0 Å². The molecule has 0 spiro atoms. The maximum Gasteiger partial charge on any atom is 0.190 e. The lowest BCUT2D eigenvalue weighted by atomic mass is 10.0. The highest BCUT2D eigenvalue weighted by molar-refractivity contribution is 14.0. The highest BCUT2D eigenvalue weighted by atomic mass is 127. The fourth-order valence-electron chi connectivity index (χ4n) is 3.45. The van der Waals surface area contributed by atoms with Crippen molar-refractivity contribution < 1.29 is 9.47 Å². The Morgan fingerprint density at radius 3 is 2.79 bits per heavy atom. The van der Waals surface area contributed by atoms with Gasteiger partial charge in [-0.1, -0.05) is 24.3 Å². The Hall–Kier alpha value is -1.45. The van der Waals surface area contributed by atoms with Gasteiger partial charge in [-0.15, -0.1) is 24.0 Å². The van der Waals surface area contributed by atoms with Gasteiger partial charge in [0.2, 0.25) is 0 Å². The smallest absolute Gasteiger partial charge is 0.190 e. The number of halogens is 1. The number of nitrogens with zero attached hydrogens (tertiary/aromatic N) is 2. The molecule has 160 valence electrons. The Morgan fingerprint density at radius 2 is 1.97 bits per heavy atom. The molecule has 2 N–H and O–H groups in total. The number of benzene rings is 1. The predicted molar refractivity (Wildman–Crippen MR) is 129 cm³/mol. The Balaban J connectivity index is 0.00000300. The van der Waals surface area contributed by atoms with Gasteiger partial charge in [0, 0.05) is 58.1 Å². The van der Waals surface area contributed by atoms with E-state index < -0.39 is 0 Å². The summed E-state index contributed by atoms with van der Waals surface area (Å²) in [5, 5.41) is 7.92. The van der Waals surface area contributed by atoms with E-state index in [1.54, 1.807) is 7.05 Å². The van der Waals surface area contributed by atoms with Gasteiger partial charge in [0.1, 0.15) is 0 Å². The van der Waals surface area contributed by atoms with Crippen LogP contribution in [0.1, 0.15) is 24.8 Å². The van der Waals surface area contributed by atoms with Crippen molar-refractivity contribution in [3.8, 4) is 0 Å². The average molecular weight is 512 g/mol. The van der Waals surface area contributed by atoms with Crippen molar-refractivity contribution in [1.82, 2.24) is 15.6 Å². The van der Waals surface area contributed by atoms with Crippen LogP contribution in [0.3, 0.4) is 0 Å². The van der Waals surface area contributed by atoms with Crippen molar-refractivity contribution in [3.63, 3.8) is 0 Å². The number of hydrogen-bond donors (Lipinski definition) is 2. The largest absolute Gasteiger partial charge is 0.381 e. The third-order valence-corrected chi connectivity index (χ3v) is 5.08. The minimum Gasteiger partial charge on any atom is -0.381 e. The molecule has 29 heavy (non-hydrogen) atoms. The molecule has 1 aromatic carbocycles. The van der Waals surface area contributed by atoms with Crippen molar-refractivity contribution in [2.24, 2.45) is 10.9 Å².